The lowest BCUT2D eigenvalue weighted by atomic mass is 9.96. The highest BCUT2D eigenvalue weighted by Crippen LogP contribution is 2.28. The second-order valence-electron chi connectivity index (χ2n) is 4.47. The third-order valence-corrected chi connectivity index (χ3v) is 4.33. The van der Waals surface area contributed by atoms with Gasteiger partial charge in [0.05, 0.1) is 6.54 Å². The number of nitrogens with two attached hydrogens (primary N) is 1. The minimum atomic E-state index is -1.03. The second kappa shape index (κ2) is 7.08. The zero-order valence-electron chi connectivity index (χ0n) is 10.9. The van der Waals surface area contributed by atoms with Crippen LogP contribution in [0.4, 0.5) is 0 Å². The van der Waals surface area contributed by atoms with Gasteiger partial charge < -0.3 is 10.8 Å². The highest BCUT2D eigenvalue weighted by molar-refractivity contribution is 7.99. The van der Waals surface area contributed by atoms with Crippen LogP contribution in [0.1, 0.15) is 5.56 Å². The molecule has 0 aliphatic carbocycles. The summed E-state index contributed by atoms with van der Waals surface area (Å²) in [7, 11) is 0. The van der Waals surface area contributed by atoms with Gasteiger partial charge in [0.15, 0.2) is 0 Å². The summed E-state index contributed by atoms with van der Waals surface area (Å²) in [4.78, 5) is 3.90. The van der Waals surface area contributed by atoms with Crippen molar-refractivity contribution >= 4 is 23.4 Å². The zero-order chi connectivity index (χ0) is 14.4. The summed E-state index contributed by atoms with van der Waals surface area (Å²) >= 11 is 7.51. The summed E-state index contributed by atoms with van der Waals surface area (Å²) in [6.45, 7) is 0.927. The fourth-order valence-corrected chi connectivity index (χ4v) is 2.92. The van der Waals surface area contributed by atoms with Crippen LogP contribution in [0, 0.1) is 0 Å². The molecule has 108 valence electrons. The summed E-state index contributed by atoms with van der Waals surface area (Å²) in [6, 6.07) is 7.22. The van der Waals surface area contributed by atoms with Crippen LogP contribution in [-0.2, 0) is 12.1 Å². The number of hydrogen-bond acceptors (Lipinski definition) is 5. The summed E-state index contributed by atoms with van der Waals surface area (Å²) in [5.74, 6) is 1.33. The van der Waals surface area contributed by atoms with Crippen molar-refractivity contribution in [2.45, 2.75) is 12.1 Å². The van der Waals surface area contributed by atoms with Crippen molar-refractivity contribution in [1.82, 2.24) is 14.8 Å². The quantitative estimate of drug-likeness (QED) is 0.758. The molecule has 0 fully saturated rings. The number of aromatic nitrogens is 3. The lowest BCUT2D eigenvalue weighted by Crippen LogP contribution is -2.34. The first kappa shape index (κ1) is 15.3. The summed E-state index contributed by atoms with van der Waals surface area (Å²) < 4.78 is 1.62. The molecule has 7 heteroatoms. The lowest BCUT2D eigenvalue weighted by molar-refractivity contribution is 0.0397. The minimum absolute atomic E-state index is 0.339. The van der Waals surface area contributed by atoms with Crippen LogP contribution >= 0.6 is 23.4 Å². The number of aliphatic hydroxyl groups is 1. The van der Waals surface area contributed by atoms with Gasteiger partial charge in [-0.15, -0.1) is 0 Å². The molecule has 2 aromatic rings. The summed E-state index contributed by atoms with van der Waals surface area (Å²) in [5, 5.41) is 15.7. The first-order chi connectivity index (χ1) is 9.64. The molecule has 1 unspecified atom stereocenters. The van der Waals surface area contributed by atoms with E-state index in [1.165, 1.54) is 6.33 Å². The van der Waals surface area contributed by atoms with E-state index in [0.717, 1.165) is 11.3 Å². The van der Waals surface area contributed by atoms with E-state index in [1.54, 1.807) is 34.9 Å². The van der Waals surface area contributed by atoms with Gasteiger partial charge >= 0.3 is 0 Å². The molecule has 0 radical (unpaired) electrons. The van der Waals surface area contributed by atoms with Crippen LogP contribution in [0.15, 0.2) is 36.9 Å². The Morgan fingerprint density at radius 3 is 2.70 bits per heavy atom. The molecule has 0 saturated heterocycles. The smallest absolute Gasteiger partial charge is 0.137 e. The lowest BCUT2D eigenvalue weighted by Gasteiger charge is -2.28. The Bertz CT molecular complexity index is 520. The van der Waals surface area contributed by atoms with E-state index in [9.17, 15) is 5.11 Å². The topological polar surface area (TPSA) is 77.0 Å². The van der Waals surface area contributed by atoms with Gasteiger partial charge in [-0.3, -0.25) is 0 Å². The van der Waals surface area contributed by atoms with Crippen LogP contribution in [0.2, 0.25) is 5.02 Å². The number of rotatable bonds is 7. The van der Waals surface area contributed by atoms with Crippen molar-refractivity contribution in [2.75, 3.05) is 18.1 Å². The molecule has 5 nitrogen and oxygen atoms in total. The number of thioether (sulfide) groups is 1. The van der Waals surface area contributed by atoms with E-state index in [-0.39, 0.29) is 0 Å². The molecule has 0 aliphatic heterocycles. The third-order valence-electron chi connectivity index (χ3n) is 2.87. The Hall–Kier alpha value is -1.08. The first-order valence-corrected chi connectivity index (χ1v) is 7.76. The van der Waals surface area contributed by atoms with Crippen molar-refractivity contribution in [3.8, 4) is 0 Å². The summed E-state index contributed by atoms with van der Waals surface area (Å²) in [6.07, 6.45) is 3.05. The van der Waals surface area contributed by atoms with Gasteiger partial charge in [0.1, 0.15) is 18.3 Å². The van der Waals surface area contributed by atoms with Crippen LogP contribution < -0.4 is 5.73 Å². The average Bonchev–Trinajstić information content (AvgIpc) is 2.92. The Morgan fingerprint density at radius 2 is 2.10 bits per heavy atom. The molecular weight excluding hydrogens is 296 g/mol. The number of halogens is 1. The molecule has 0 aliphatic rings. The Kier molecular flexibility index (Phi) is 5.42. The van der Waals surface area contributed by atoms with Gasteiger partial charge in [-0.2, -0.15) is 16.9 Å². The maximum Gasteiger partial charge on any atom is 0.137 e. The molecule has 1 aromatic heterocycles. The van der Waals surface area contributed by atoms with Gasteiger partial charge in [-0.1, -0.05) is 23.7 Å². The molecule has 0 amide bonds. The second-order valence-corrected chi connectivity index (χ2v) is 6.01. The molecular formula is C13H17ClN4OS. The van der Waals surface area contributed by atoms with Gasteiger partial charge in [0.25, 0.3) is 0 Å². The third kappa shape index (κ3) is 3.96. The standard InChI is InChI=1S/C13H17ClN4OS/c14-12-3-1-11(2-4-12)13(19,8-20-6-5-15)7-18-10-16-9-17-18/h1-4,9-10,19H,5-8,15H2. The molecule has 2 rings (SSSR count). The molecule has 1 aromatic carbocycles. The maximum atomic E-state index is 11.0. The molecule has 3 N–H and O–H groups in total. The van der Waals surface area contributed by atoms with E-state index in [0.29, 0.717) is 23.9 Å². The van der Waals surface area contributed by atoms with Crippen molar-refractivity contribution in [3.05, 3.63) is 47.5 Å². The fraction of sp³-hybridized carbons (Fsp3) is 0.385. The normalized spacial score (nSPS) is 14.2. The molecule has 0 spiro atoms. The Labute approximate surface area is 127 Å². The number of hydrogen-bond donors (Lipinski definition) is 2. The van der Waals surface area contributed by atoms with E-state index in [4.69, 9.17) is 17.3 Å². The molecule has 20 heavy (non-hydrogen) atoms. The Balaban J connectivity index is 2.20. The fourth-order valence-electron chi connectivity index (χ4n) is 1.89. The molecule has 1 heterocycles. The van der Waals surface area contributed by atoms with Crippen LogP contribution in [0.3, 0.4) is 0 Å². The highest BCUT2D eigenvalue weighted by Gasteiger charge is 2.30. The SMILES string of the molecule is NCCSCC(O)(Cn1cncn1)c1ccc(Cl)cc1. The van der Waals surface area contributed by atoms with Crippen molar-refractivity contribution in [1.29, 1.82) is 0 Å². The average molecular weight is 313 g/mol. The highest BCUT2D eigenvalue weighted by atomic mass is 35.5. The molecule has 0 bridgehead atoms. The Morgan fingerprint density at radius 1 is 1.35 bits per heavy atom. The van der Waals surface area contributed by atoms with Gasteiger partial charge in [0.2, 0.25) is 0 Å². The predicted molar refractivity (Wildman–Crippen MR) is 81.8 cm³/mol. The van der Waals surface area contributed by atoms with E-state index in [2.05, 4.69) is 10.1 Å². The van der Waals surface area contributed by atoms with Crippen molar-refractivity contribution in [3.63, 3.8) is 0 Å². The predicted octanol–water partition coefficient (Wildman–Crippen LogP) is 1.51. The monoisotopic (exact) mass is 312 g/mol. The molecule has 0 saturated carbocycles. The van der Waals surface area contributed by atoms with Gasteiger partial charge in [-0.25, -0.2) is 9.67 Å². The van der Waals surface area contributed by atoms with Gasteiger partial charge in [-0.05, 0) is 17.7 Å². The van der Waals surface area contributed by atoms with E-state index >= 15 is 0 Å². The number of benzene rings is 1. The van der Waals surface area contributed by atoms with E-state index in [1.807, 2.05) is 12.1 Å². The zero-order valence-corrected chi connectivity index (χ0v) is 12.5. The van der Waals surface area contributed by atoms with Crippen LogP contribution in [0.25, 0.3) is 0 Å². The van der Waals surface area contributed by atoms with Crippen molar-refractivity contribution in [2.24, 2.45) is 5.73 Å². The van der Waals surface area contributed by atoms with Crippen molar-refractivity contribution < 1.29 is 5.11 Å². The maximum absolute atomic E-state index is 11.0. The van der Waals surface area contributed by atoms with Crippen LogP contribution in [0.5, 0.6) is 0 Å². The van der Waals surface area contributed by atoms with E-state index < -0.39 is 5.60 Å². The van der Waals surface area contributed by atoms with Gasteiger partial charge in [0, 0.05) is 23.1 Å². The minimum Gasteiger partial charge on any atom is -0.382 e. The first-order valence-electron chi connectivity index (χ1n) is 6.23. The number of nitrogens with zero attached hydrogens (tertiary/aromatic N) is 3. The summed E-state index contributed by atoms with van der Waals surface area (Å²) in [5.41, 5.74) is 5.28. The molecule has 1 atom stereocenters. The largest absolute Gasteiger partial charge is 0.382 e. The van der Waals surface area contributed by atoms with Crippen LogP contribution in [-0.4, -0.2) is 37.9 Å².